The fraction of sp³-hybridized carbons (Fsp3) is 0.400. The van der Waals surface area contributed by atoms with E-state index in [2.05, 4.69) is 24.5 Å². The molecule has 164 valence electrons. The molecule has 2 aromatic rings. The average molecular weight is 422 g/mol. The van der Waals surface area contributed by atoms with Crippen molar-refractivity contribution in [2.75, 3.05) is 13.1 Å². The highest BCUT2D eigenvalue weighted by Gasteiger charge is 2.54. The SMILES string of the molecule is CCCC[C@H](CC)CNC(=O)CN1C(=O)NC(c2ccccc2)(c2ccccc2)C1=O. The van der Waals surface area contributed by atoms with Crippen LogP contribution in [0.25, 0.3) is 0 Å². The number of carbonyl (C=O) groups excluding carboxylic acids is 3. The largest absolute Gasteiger partial charge is 0.354 e. The van der Waals surface area contributed by atoms with Crippen molar-refractivity contribution in [3.8, 4) is 0 Å². The van der Waals surface area contributed by atoms with Crippen LogP contribution in [0.15, 0.2) is 60.7 Å². The Hall–Kier alpha value is -3.15. The molecular formula is C25H31N3O3. The molecule has 0 radical (unpaired) electrons. The van der Waals surface area contributed by atoms with Gasteiger partial charge in [0.1, 0.15) is 6.54 Å². The van der Waals surface area contributed by atoms with Crippen LogP contribution in [0, 0.1) is 5.92 Å². The number of amides is 4. The molecule has 1 heterocycles. The van der Waals surface area contributed by atoms with Crippen molar-refractivity contribution >= 4 is 17.8 Å². The summed E-state index contributed by atoms with van der Waals surface area (Å²) in [7, 11) is 0. The van der Waals surface area contributed by atoms with E-state index in [1.165, 1.54) is 0 Å². The second-order valence-electron chi connectivity index (χ2n) is 8.02. The minimum Gasteiger partial charge on any atom is -0.354 e. The molecule has 0 aliphatic carbocycles. The van der Waals surface area contributed by atoms with Crippen molar-refractivity contribution < 1.29 is 14.4 Å². The first-order valence-corrected chi connectivity index (χ1v) is 11.0. The number of hydrogen-bond acceptors (Lipinski definition) is 3. The lowest BCUT2D eigenvalue weighted by molar-refractivity contribution is -0.134. The third kappa shape index (κ3) is 4.79. The van der Waals surface area contributed by atoms with E-state index in [1.807, 2.05) is 60.7 Å². The van der Waals surface area contributed by atoms with Gasteiger partial charge in [0.15, 0.2) is 5.54 Å². The summed E-state index contributed by atoms with van der Waals surface area (Å²) in [5.74, 6) is -0.363. The quantitative estimate of drug-likeness (QED) is 0.573. The molecule has 1 aliphatic heterocycles. The number of rotatable bonds is 10. The maximum Gasteiger partial charge on any atom is 0.326 e. The summed E-state index contributed by atoms with van der Waals surface area (Å²) >= 11 is 0. The third-order valence-corrected chi connectivity index (χ3v) is 5.95. The van der Waals surface area contributed by atoms with Crippen LogP contribution >= 0.6 is 0 Å². The highest BCUT2D eigenvalue weighted by molar-refractivity contribution is 6.11. The molecule has 2 N–H and O–H groups in total. The lowest BCUT2D eigenvalue weighted by Crippen LogP contribution is -2.46. The second-order valence-corrected chi connectivity index (χ2v) is 8.02. The molecule has 2 aromatic carbocycles. The Balaban J connectivity index is 1.79. The zero-order chi connectivity index (χ0) is 22.3. The van der Waals surface area contributed by atoms with E-state index in [0.717, 1.165) is 30.6 Å². The molecule has 1 saturated heterocycles. The van der Waals surface area contributed by atoms with Crippen molar-refractivity contribution in [2.45, 2.75) is 45.1 Å². The maximum absolute atomic E-state index is 13.6. The van der Waals surface area contributed by atoms with Gasteiger partial charge in [-0.15, -0.1) is 0 Å². The topological polar surface area (TPSA) is 78.5 Å². The van der Waals surface area contributed by atoms with Gasteiger partial charge < -0.3 is 10.6 Å². The molecule has 0 unspecified atom stereocenters. The number of hydrogen-bond donors (Lipinski definition) is 2. The molecule has 1 atom stereocenters. The van der Waals surface area contributed by atoms with Crippen LogP contribution in [0.2, 0.25) is 0 Å². The van der Waals surface area contributed by atoms with Crippen LogP contribution in [0.1, 0.15) is 50.7 Å². The summed E-state index contributed by atoms with van der Waals surface area (Å²) in [6.07, 6.45) is 4.28. The van der Waals surface area contributed by atoms with Crippen LogP contribution in [0.3, 0.4) is 0 Å². The molecule has 6 nitrogen and oxygen atoms in total. The van der Waals surface area contributed by atoms with Crippen LogP contribution < -0.4 is 10.6 Å². The Morgan fingerprint density at radius 3 is 2.10 bits per heavy atom. The summed E-state index contributed by atoms with van der Waals surface area (Å²) in [5, 5.41) is 5.77. The summed E-state index contributed by atoms with van der Waals surface area (Å²) in [5.41, 5.74) is -0.0198. The van der Waals surface area contributed by atoms with Crippen LogP contribution in [-0.2, 0) is 15.1 Å². The minimum atomic E-state index is -1.34. The lowest BCUT2D eigenvalue weighted by Gasteiger charge is -2.28. The first-order valence-electron chi connectivity index (χ1n) is 11.0. The summed E-state index contributed by atoms with van der Waals surface area (Å²) in [6, 6.07) is 17.7. The summed E-state index contributed by atoms with van der Waals surface area (Å²) < 4.78 is 0. The van der Waals surface area contributed by atoms with E-state index in [-0.39, 0.29) is 12.5 Å². The van der Waals surface area contributed by atoms with Gasteiger partial charge in [0.2, 0.25) is 5.91 Å². The molecule has 0 bridgehead atoms. The molecule has 1 aliphatic rings. The van der Waals surface area contributed by atoms with Gasteiger partial charge in [-0.2, -0.15) is 0 Å². The van der Waals surface area contributed by atoms with E-state index >= 15 is 0 Å². The van der Waals surface area contributed by atoms with Gasteiger partial charge in [0.05, 0.1) is 0 Å². The molecule has 1 fully saturated rings. The van der Waals surface area contributed by atoms with Crippen LogP contribution in [0.5, 0.6) is 0 Å². The first-order chi connectivity index (χ1) is 15.0. The number of urea groups is 1. The number of unbranched alkanes of at least 4 members (excludes halogenated alkanes) is 1. The molecule has 4 amide bonds. The van der Waals surface area contributed by atoms with Crippen LogP contribution in [0.4, 0.5) is 4.79 Å². The van der Waals surface area contributed by atoms with Gasteiger partial charge in [-0.05, 0) is 23.5 Å². The maximum atomic E-state index is 13.6. The summed E-state index contributed by atoms with van der Waals surface area (Å²) in [4.78, 5) is 40.0. The van der Waals surface area contributed by atoms with Crippen LogP contribution in [-0.4, -0.2) is 35.8 Å². The van der Waals surface area contributed by atoms with Gasteiger partial charge in [0.25, 0.3) is 5.91 Å². The number of benzene rings is 2. The lowest BCUT2D eigenvalue weighted by atomic mass is 9.82. The molecule has 6 heteroatoms. The van der Waals surface area contributed by atoms with Gasteiger partial charge >= 0.3 is 6.03 Å². The smallest absolute Gasteiger partial charge is 0.326 e. The third-order valence-electron chi connectivity index (χ3n) is 5.95. The molecule has 31 heavy (non-hydrogen) atoms. The molecule has 0 aromatic heterocycles. The fourth-order valence-corrected chi connectivity index (χ4v) is 4.05. The predicted molar refractivity (Wildman–Crippen MR) is 120 cm³/mol. The highest BCUT2D eigenvalue weighted by Crippen LogP contribution is 2.35. The normalized spacial score (nSPS) is 16.1. The zero-order valence-electron chi connectivity index (χ0n) is 18.3. The second kappa shape index (κ2) is 10.2. The number of imide groups is 1. The molecule has 0 spiro atoms. The zero-order valence-corrected chi connectivity index (χ0v) is 18.3. The Morgan fingerprint density at radius 2 is 1.58 bits per heavy atom. The van der Waals surface area contributed by atoms with Gasteiger partial charge in [-0.3, -0.25) is 14.5 Å². The molecular weight excluding hydrogens is 390 g/mol. The minimum absolute atomic E-state index is 0.295. The Kier molecular flexibility index (Phi) is 7.45. The monoisotopic (exact) mass is 421 g/mol. The van der Waals surface area contributed by atoms with Crippen molar-refractivity contribution in [1.82, 2.24) is 15.5 Å². The Labute approximate surface area is 184 Å². The summed E-state index contributed by atoms with van der Waals surface area (Å²) in [6.45, 7) is 4.52. The highest BCUT2D eigenvalue weighted by atomic mass is 16.2. The standard InChI is InChI=1S/C25H31N3O3/c1-3-5-12-19(4-2)17-26-22(29)18-28-23(30)25(27-24(28)31,20-13-8-6-9-14-20)21-15-10-7-11-16-21/h6-11,13-16,19H,3-5,12,17-18H2,1-2H3,(H,26,29)(H,27,31)/t19-/m0/s1. The van der Waals surface area contributed by atoms with E-state index < -0.39 is 17.5 Å². The van der Waals surface area contributed by atoms with Gasteiger partial charge in [0, 0.05) is 6.54 Å². The fourth-order valence-electron chi connectivity index (χ4n) is 4.05. The first kappa shape index (κ1) is 22.5. The van der Waals surface area contributed by atoms with Crippen molar-refractivity contribution in [3.05, 3.63) is 71.8 Å². The predicted octanol–water partition coefficient (Wildman–Crippen LogP) is 3.81. The molecule has 3 rings (SSSR count). The van der Waals surface area contributed by atoms with E-state index in [4.69, 9.17) is 0 Å². The van der Waals surface area contributed by atoms with Gasteiger partial charge in [-0.25, -0.2) is 4.79 Å². The van der Waals surface area contributed by atoms with E-state index in [1.54, 1.807) is 0 Å². The number of nitrogens with zero attached hydrogens (tertiary/aromatic N) is 1. The number of nitrogens with one attached hydrogen (secondary N) is 2. The Bertz CT molecular complexity index is 859. The molecule has 0 saturated carbocycles. The van der Waals surface area contributed by atoms with Gasteiger partial charge in [-0.1, -0.05) is 93.8 Å². The van der Waals surface area contributed by atoms with Crippen molar-refractivity contribution in [3.63, 3.8) is 0 Å². The van der Waals surface area contributed by atoms with Crippen molar-refractivity contribution in [2.24, 2.45) is 5.92 Å². The average Bonchev–Trinajstić information content (AvgIpc) is 3.06. The van der Waals surface area contributed by atoms with E-state index in [9.17, 15) is 14.4 Å². The van der Waals surface area contributed by atoms with E-state index in [0.29, 0.717) is 23.6 Å². The number of carbonyl (C=O) groups is 3. The Morgan fingerprint density at radius 1 is 1.00 bits per heavy atom. The van der Waals surface area contributed by atoms with Crippen molar-refractivity contribution in [1.29, 1.82) is 0 Å².